The summed E-state index contributed by atoms with van der Waals surface area (Å²) >= 11 is 0. The summed E-state index contributed by atoms with van der Waals surface area (Å²) in [5.74, 6) is -0.575. The first kappa shape index (κ1) is 25.8. The number of aryl methyl sites for hydroxylation is 1. The van der Waals surface area contributed by atoms with Gasteiger partial charge in [0.2, 0.25) is 0 Å². The Bertz CT molecular complexity index is 1920. The number of morpholine rings is 1. The van der Waals surface area contributed by atoms with E-state index in [0.29, 0.717) is 23.8 Å². The number of halogens is 3. The third kappa shape index (κ3) is 5.42. The van der Waals surface area contributed by atoms with Crippen LogP contribution in [0.15, 0.2) is 41.3 Å². The molecule has 1 saturated carbocycles. The van der Waals surface area contributed by atoms with E-state index in [0.717, 1.165) is 6.07 Å². The number of hydrogen-bond donors (Lipinski definition) is 2. The largest absolute Gasteiger partial charge is 0.453 e. The molecular formula is C29H30F3N7O5. The Hall–Kier alpha value is -4.66. The van der Waals surface area contributed by atoms with E-state index in [1.54, 1.807) is 0 Å². The van der Waals surface area contributed by atoms with Crippen molar-refractivity contribution < 1.29 is 36.3 Å². The average molecular weight is 617 g/mol. The monoisotopic (exact) mass is 616 g/mol. The van der Waals surface area contributed by atoms with Crippen molar-refractivity contribution in [1.82, 2.24) is 29.3 Å². The van der Waals surface area contributed by atoms with Crippen LogP contribution in [-0.2, 0) is 22.6 Å². The van der Waals surface area contributed by atoms with Gasteiger partial charge in [0.05, 0.1) is 54.2 Å². The predicted octanol–water partition coefficient (Wildman–Crippen LogP) is 3.97. The molecular weight excluding hydrogens is 583 g/mol. The molecule has 0 bridgehead atoms. The van der Waals surface area contributed by atoms with E-state index in [2.05, 4.69) is 25.3 Å². The molecule has 2 atom stereocenters. The summed E-state index contributed by atoms with van der Waals surface area (Å²) in [6.45, 7) is -1.75. The molecule has 1 aliphatic heterocycles. The van der Waals surface area contributed by atoms with Crippen LogP contribution in [0.5, 0.6) is 0 Å². The first-order valence-corrected chi connectivity index (χ1v) is 13.9. The number of anilines is 2. The molecule has 12 nitrogen and oxygen atoms in total. The number of alkyl halides is 3. The van der Waals surface area contributed by atoms with Gasteiger partial charge in [0.1, 0.15) is 11.6 Å². The number of amides is 2. The third-order valence-corrected chi connectivity index (χ3v) is 7.97. The van der Waals surface area contributed by atoms with Crippen LogP contribution in [0.25, 0.3) is 21.9 Å². The van der Waals surface area contributed by atoms with E-state index in [1.807, 2.05) is 0 Å². The fourth-order valence-corrected chi connectivity index (χ4v) is 5.87. The number of alkyl carbamates (subject to hydrolysis) is 1. The van der Waals surface area contributed by atoms with E-state index in [1.165, 1.54) is 47.0 Å². The minimum Gasteiger partial charge on any atom is -0.453 e. The zero-order valence-corrected chi connectivity index (χ0v) is 23.5. The number of ether oxygens (including phenoxy) is 2. The highest BCUT2D eigenvalue weighted by molar-refractivity contribution is 6.08. The minimum absolute atomic E-state index is 0.00727. The second kappa shape index (κ2) is 11.4. The molecule has 0 radical (unpaired) electrons. The summed E-state index contributed by atoms with van der Waals surface area (Å²) in [5.41, 5.74) is -2.07. The van der Waals surface area contributed by atoms with Gasteiger partial charge < -0.3 is 25.0 Å². The van der Waals surface area contributed by atoms with Crippen molar-refractivity contribution in [2.24, 2.45) is 6.98 Å². The SMILES string of the molecule is [2H]C([2H])([2H])n1c(=O)n([C@@H]2CC[C@@H](NC(=O)OC)C2)c2cc(Nc3cc(C(=O)N4CCOCC4)c4cccc(C(F)(F)F)c4n3)ncc21. The van der Waals surface area contributed by atoms with Gasteiger partial charge in [0.15, 0.2) is 0 Å². The quantitative estimate of drug-likeness (QED) is 0.344. The van der Waals surface area contributed by atoms with Crippen molar-refractivity contribution in [2.45, 2.75) is 37.5 Å². The first-order valence-electron chi connectivity index (χ1n) is 15.4. The van der Waals surface area contributed by atoms with Gasteiger partial charge in [-0.3, -0.25) is 13.9 Å². The number of hydrogen-bond acceptors (Lipinski definition) is 8. The number of carbonyl (C=O) groups excluding carboxylic acids is 2. The van der Waals surface area contributed by atoms with Crippen LogP contribution in [0, 0.1) is 0 Å². The van der Waals surface area contributed by atoms with E-state index in [9.17, 15) is 27.6 Å². The Morgan fingerprint density at radius 2 is 1.93 bits per heavy atom. The molecule has 1 aliphatic carbocycles. The predicted molar refractivity (Wildman–Crippen MR) is 154 cm³/mol. The van der Waals surface area contributed by atoms with Crippen molar-refractivity contribution in [1.29, 1.82) is 0 Å². The molecule has 1 aromatic carbocycles. The molecule has 232 valence electrons. The highest BCUT2D eigenvalue weighted by atomic mass is 19.4. The molecule has 4 heterocycles. The number of rotatable bonds is 5. The molecule has 2 amide bonds. The molecule has 3 aromatic heterocycles. The molecule has 4 aromatic rings. The molecule has 6 rings (SSSR count). The Morgan fingerprint density at radius 1 is 1.14 bits per heavy atom. The van der Waals surface area contributed by atoms with E-state index < -0.39 is 48.0 Å². The van der Waals surface area contributed by atoms with Gasteiger partial charge in [0.25, 0.3) is 5.91 Å². The second-order valence-corrected chi connectivity index (χ2v) is 10.6. The molecule has 2 fully saturated rings. The highest BCUT2D eigenvalue weighted by Crippen LogP contribution is 2.37. The van der Waals surface area contributed by atoms with Crippen LogP contribution < -0.4 is 16.3 Å². The van der Waals surface area contributed by atoms with Crippen molar-refractivity contribution in [2.75, 3.05) is 38.7 Å². The van der Waals surface area contributed by atoms with Crippen molar-refractivity contribution in [3.8, 4) is 0 Å². The van der Waals surface area contributed by atoms with Crippen molar-refractivity contribution in [3.63, 3.8) is 0 Å². The molecule has 0 spiro atoms. The lowest BCUT2D eigenvalue weighted by Crippen LogP contribution is -2.40. The number of aromatic nitrogens is 4. The van der Waals surface area contributed by atoms with Crippen LogP contribution in [0.3, 0.4) is 0 Å². The van der Waals surface area contributed by atoms with Crippen molar-refractivity contribution in [3.05, 3.63) is 58.1 Å². The lowest BCUT2D eigenvalue weighted by molar-refractivity contribution is -0.136. The van der Waals surface area contributed by atoms with Gasteiger partial charge in [-0.15, -0.1) is 0 Å². The summed E-state index contributed by atoms with van der Waals surface area (Å²) in [6.07, 6.45) is -2.95. The fraction of sp³-hybridized carbons (Fsp3) is 0.414. The van der Waals surface area contributed by atoms with Crippen LogP contribution in [-0.4, -0.2) is 75.5 Å². The summed E-state index contributed by atoms with van der Waals surface area (Å²) in [7, 11) is 1.23. The first-order chi connectivity index (χ1) is 22.3. The summed E-state index contributed by atoms with van der Waals surface area (Å²) in [4.78, 5) is 48.9. The number of benzene rings is 1. The topological polar surface area (TPSA) is 133 Å². The second-order valence-electron chi connectivity index (χ2n) is 10.6. The number of carbonyl (C=O) groups is 2. The lowest BCUT2D eigenvalue weighted by Gasteiger charge is -2.27. The Kier molecular flexibility index (Phi) is 6.71. The van der Waals surface area contributed by atoms with E-state index >= 15 is 0 Å². The summed E-state index contributed by atoms with van der Waals surface area (Å²) < 4.78 is 78.2. The maximum Gasteiger partial charge on any atom is 0.418 e. The van der Waals surface area contributed by atoms with Gasteiger partial charge in [-0.25, -0.2) is 19.6 Å². The molecule has 2 N–H and O–H groups in total. The Balaban J connectivity index is 1.44. The number of nitrogens with zero attached hydrogens (tertiary/aromatic N) is 5. The standard InChI is InChI=1S/C29H30F3N7O5/c1-37-22-15-33-23(14-21(22)39(28(37)42)17-7-6-16(12-17)34-27(41)43-2)35-24-13-19(26(40)38-8-10-44-11-9-38)18-4-3-5-20(25(18)36-24)29(30,31)32/h3-5,13-17H,6-12H2,1-2H3,(H,34,41)(H,33,35,36)/t16-,17-/m1/s1/i1D3. The number of para-hydroxylation sites is 1. The van der Waals surface area contributed by atoms with Gasteiger partial charge in [-0.05, 0) is 31.4 Å². The summed E-state index contributed by atoms with van der Waals surface area (Å²) in [6, 6.07) is 5.44. The lowest BCUT2D eigenvalue weighted by atomic mass is 10.0. The molecule has 2 aliphatic rings. The van der Waals surface area contributed by atoms with Crippen LogP contribution in [0.2, 0.25) is 0 Å². The van der Waals surface area contributed by atoms with E-state index in [4.69, 9.17) is 8.85 Å². The zero-order chi connectivity index (χ0) is 33.7. The number of fused-ring (bicyclic) bond motifs is 2. The van der Waals surface area contributed by atoms with E-state index in [-0.39, 0.29) is 66.0 Å². The smallest absolute Gasteiger partial charge is 0.418 e. The fourth-order valence-electron chi connectivity index (χ4n) is 5.87. The Labute approximate surface area is 253 Å². The van der Waals surface area contributed by atoms with Crippen LogP contribution >= 0.6 is 0 Å². The number of imidazole rings is 1. The molecule has 15 heteroatoms. The zero-order valence-electron chi connectivity index (χ0n) is 26.5. The summed E-state index contributed by atoms with van der Waals surface area (Å²) in [5, 5.41) is 5.59. The highest BCUT2D eigenvalue weighted by Gasteiger charge is 2.35. The van der Waals surface area contributed by atoms with Gasteiger partial charge in [-0.1, -0.05) is 12.1 Å². The van der Waals surface area contributed by atoms with Gasteiger partial charge >= 0.3 is 18.0 Å². The van der Waals surface area contributed by atoms with Gasteiger partial charge in [0, 0.05) is 47.7 Å². The molecule has 44 heavy (non-hydrogen) atoms. The molecule has 1 saturated heterocycles. The Morgan fingerprint density at radius 3 is 2.66 bits per heavy atom. The van der Waals surface area contributed by atoms with Crippen molar-refractivity contribution >= 4 is 45.6 Å². The third-order valence-electron chi connectivity index (χ3n) is 7.97. The number of methoxy groups -OCH3 is 1. The number of pyridine rings is 2. The maximum absolute atomic E-state index is 14.1. The average Bonchev–Trinajstić information content (AvgIpc) is 3.60. The van der Waals surface area contributed by atoms with Gasteiger partial charge in [-0.2, -0.15) is 13.2 Å². The maximum atomic E-state index is 14.1. The van der Waals surface area contributed by atoms with Crippen LogP contribution in [0.1, 0.15) is 45.3 Å². The minimum atomic E-state index is -4.77. The van der Waals surface area contributed by atoms with Crippen LogP contribution in [0.4, 0.5) is 29.6 Å². The normalized spacial score (nSPS) is 20.3. The number of nitrogens with one attached hydrogen (secondary N) is 2. The molecule has 0 unspecified atom stereocenters.